The summed E-state index contributed by atoms with van der Waals surface area (Å²) in [5, 5.41) is 21.2. The first kappa shape index (κ1) is 56.5. The maximum absolute atomic E-state index is 14.6. The minimum absolute atomic E-state index is 0.0525. The van der Waals surface area contributed by atoms with E-state index in [0.29, 0.717) is 69.4 Å². The average Bonchev–Trinajstić information content (AvgIpc) is 4.33. The van der Waals surface area contributed by atoms with Crippen LogP contribution in [0.15, 0.2) is 97.1 Å². The molecule has 0 radical (unpaired) electrons. The minimum atomic E-state index is -1.08. The van der Waals surface area contributed by atoms with Gasteiger partial charge in [-0.3, -0.25) is 28.8 Å². The fourth-order valence-electron chi connectivity index (χ4n) is 13.0. The summed E-state index contributed by atoms with van der Waals surface area (Å²) in [5.74, 6) is -1.84. The SMILES string of the molecule is CCC(=O)N[C@H]1CN(C(=O)Nc2ccc(Cc3ccc(NC(=O)N4CC[C@H]5CC[C@@H](C(=O)N[C@@H]6CCCc7ccccc76)N5C(=O)[C@@H](NC(=O)[C@H](C)NC)C4)cc3)cc2)CC[C@H]2CCC(C(=O)N[C@@H]3CCCc4ccccc43)N2C1=O. The first-order valence-electron chi connectivity index (χ1n) is 29.2. The van der Waals surface area contributed by atoms with Gasteiger partial charge in [0.25, 0.3) is 0 Å². The van der Waals surface area contributed by atoms with Gasteiger partial charge in [0.2, 0.25) is 35.4 Å². The number of fused-ring (bicyclic) bond motifs is 4. The number of anilines is 2. The largest absolute Gasteiger partial charge is 0.347 e. The summed E-state index contributed by atoms with van der Waals surface area (Å²) >= 11 is 0. The zero-order valence-electron chi connectivity index (χ0n) is 46.7. The molecule has 4 fully saturated rings. The van der Waals surface area contributed by atoms with Crippen LogP contribution in [0.25, 0.3) is 0 Å². The van der Waals surface area contributed by atoms with Crippen LogP contribution in [-0.4, -0.2) is 143 Å². The molecule has 1 unspecified atom stereocenters. The van der Waals surface area contributed by atoms with Gasteiger partial charge >= 0.3 is 12.1 Å². The Hall–Kier alpha value is -7.80. The first-order chi connectivity index (χ1) is 39.2. The van der Waals surface area contributed by atoms with Gasteiger partial charge < -0.3 is 56.8 Å². The Kier molecular flexibility index (Phi) is 17.7. The van der Waals surface area contributed by atoms with E-state index in [0.717, 1.165) is 60.8 Å². The van der Waals surface area contributed by atoms with Gasteiger partial charge in [0.15, 0.2) is 0 Å². The molecule has 0 saturated carbocycles. The number of aryl methyl sites for hydroxylation is 2. The molecule has 6 aliphatic rings. The summed E-state index contributed by atoms with van der Waals surface area (Å²) < 4.78 is 0. The van der Waals surface area contributed by atoms with Crippen LogP contribution in [0.4, 0.5) is 21.0 Å². The summed E-state index contributed by atoms with van der Waals surface area (Å²) in [6.45, 7) is 3.89. The maximum Gasteiger partial charge on any atom is 0.321 e. The predicted octanol–water partition coefficient (Wildman–Crippen LogP) is 5.85. The highest BCUT2D eigenvalue weighted by Gasteiger charge is 2.48. The molecular formula is C62H77N11O8. The van der Waals surface area contributed by atoms with Crippen molar-refractivity contribution in [1.29, 1.82) is 0 Å². The second-order valence-electron chi connectivity index (χ2n) is 22.7. The number of benzene rings is 4. The number of hydrogen-bond acceptors (Lipinski definition) is 9. The van der Waals surface area contributed by atoms with Gasteiger partial charge in [-0.15, -0.1) is 0 Å². The molecule has 428 valence electrons. The Morgan fingerprint density at radius 1 is 0.531 bits per heavy atom. The van der Waals surface area contributed by atoms with E-state index < -0.39 is 48.2 Å². The molecule has 10 amide bonds. The molecule has 4 saturated heterocycles. The van der Waals surface area contributed by atoms with E-state index in [-0.39, 0.29) is 73.2 Å². The summed E-state index contributed by atoms with van der Waals surface area (Å²) in [6.07, 6.45) is 9.35. The van der Waals surface area contributed by atoms with E-state index in [9.17, 15) is 38.4 Å². The van der Waals surface area contributed by atoms with Gasteiger partial charge in [-0.2, -0.15) is 0 Å². The number of likely N-dealkylation sites (N-methyl/N-ethyl adjacent to an activating group) is 1. The Bertz CT molecular complexity index is 2990. The van der Waals surface area contributed by atoms with E-state index in [2.05, 4.69) is 61.5 Å². The van der Waals surface area contributed by atoms with Gasteiger partial charge in [-0.05, 0) is 155 Å². The summed E-state index contributed by atoms with van der Waals surface area (Å²) in [5.41, 5.74) is 7.75. The van der Waals surface area contributed by atoms with Crippen molar-refractivity contribution in [2.45, 2.75) is 158 Å². The summed E-state index contributed by atoms with van der Waals surface area (Å²) in [4.78, 5) is 118. The lowest BCUT2D eigenvalue weighted by Crippen LogP contribution is -2.62. The molecule has 10 rings (SSSR count). The number of amides is 10. The van der Waals surface area contributed by atoms with Crippen LogP contribution >= 0.6 is 0 Å². The first-order valence-corrected chi connectivity index (χ1v) is 29.2. The Morgan fingerprint density at radius 3 is 1.42 bits per heavy atom. The molecule has 7 N–H and O–H groups in total. The van der Waals surface area contributed by atoms with E-state index in [1.807, 2.05) is 72.8 Å². The molecule has 0 aromatic heterocycles. The van der Waals surface area contributed by atoms with Crippen LogP contribution in [0.3, 0.4) is 0 Å². The summed E-state index contributed by atoms with van der Waals surface area (Å²) in [7, 11) is 1.66. The van der Waals surface area contributed by atoms with Crippen molar-refractivity contribution in [1.82, 2.24) is 46.2 Å². The fourth-order valence-corrected chi connectivity index (χ4v) is 13.0. The Morgan fingerprint density at radius 2 is 0.975 bits per heavy atom. The number of nitrogens with one attached hydrogen (secondary N) is 7. The smallest absolute Gasteiger partial charge is 0.321 e. The lowest BCUT2D eigenvalue weighted by molar-refractivity contribution is -0.145. The highest BCUT2D eigenvalue weighted by Crippen LogP contribution is 2.35. The third kappa shape index (κ3) is 12.9. The molecule has 19 heteroatoms. The van der Waals surface area contributed by atoms with Crippen LogP contribution in [0, 0.1) is 0 Å². The lowest BCUT2D eigenvalue weighted by atomic mass is 9.87. The molecule has 4 aromatic rings. The molecule has 4 aliphatic heterocycles. The van der Waals surface area contributed by atoms with Crippen LogP contribution in [0.1, 0.15) is 130 Å². The standard InChI is InChI=1S/C62H77N11O8/c1-4-55(74)66-51-36-70(33-31-45-27-29-53(72(45)59(51)78)57(76)67-49-17-9-13-41-11-5-7-15-47(41)49)61(80)64-43-23-19-39(20-24-43)35-40-21-25-44(26-22-40)65-62(81)71-34-32-46-28-30-54(73(46)60(79)52(37-71)69-56(75)38(2)63-3)58(77)68-50-18-10-14-42-12-6-8-16-48(42)50/h5-8,11-12,15-16,19-26,38,45-46,49-54,63H,4,9-10,13-14,17-18,27-37H2,1-3H3,(H,64,80)(H,65,81)(H,66,74)(H,67,76)(H,68,77)(H,69,75)/t38-,45+,46+,49+,50+,51-,52-,53?,54-/m0/s1. The van der Waals surface area contributed by atoms with Gasteiger partial charge in [-0.1, -0.05) is 79.7 Å². The van der Waals surface area contributed by atoms with Crippen molar-refractivity contribution >= 4 is 58.9 Å². The van der Waals surface area contributed by atoms with E-state index in [1.54, 1.807) is 40.5 Å². The molecule has 81 heavy (non-hydrogen) atoms. The number of rotatable bonds is 13. The average molecular weight is 1100 g/mol. The molecule has 19 nitrogen and oxygen atoms in total. The number of urea groups is 2. The molecule has 0 spiro atoms. The molecule has 4 aromatic carbocycles. The predicted molar refractivity (Wildman–Crippen MR) is 307 cm³/mol. The highest BCUT2D eigenvalue weighted by molar-refractivity contribution is 5.97. The van der Waals surface area contributed by atoms with Crippen LogP contribution in [0.2, 0.25) is 0 Å². The molecule has 2 aliphatic carbocycles. The Labute approximate surface area is 474 Å². The number of nitrogens with zero attached hydrogens (tertiary/aromatic N) is 4. The quantitative estimate of drug-likeness (QED) is 0.0851. The molecule has 4 heterocycles. The number of carbonyl (C=O) groups is 8. The van der Waals surface area contributed by atoms with Crippen molar-refractivity contribution in [3.8, 4) is 0 Å². The van der Waals surface area contributed by atoms with Crippen molar-refractivity contribution < 1.29 is 38.4 Å². The maximum atomic E-state index is 14.6. The number of hydrogen-bond donors (Lipinski definition) is 7. The van der Waals surface area contributed by atoms with Gasteiger partial charge in [0.1, 0.15) is 24.2 Å². The lowest BCUT2D eigenvalue weighted by Gasteiger charge is -2.39. The number of carbonyl (C=O) groups excluding carboxylic acids is 8. The van der Waals surface area contributed by atoms with E-state index in [4.69, 9.17) is 0 Å². The van der Waals surface area contributed by atoms with Gasteiger partial charge in [0.05, 0.1) is 31.2 Å². The topological polar surface area (TPSA) is 234 Å². The van der Waals surface area contributed by atoms with Crippen molar-refractivity contribution in [3.63, 3.8) is 0 Å². The molecule has 9 atom stereocenters. The van der Waals surface area contributed by atoms with Crippen molar-refractivity contribution in [3.05, 3.63) is 130 Å². The van der Waals surface area contributed by atoms with Crippen LogP contribution in [-0.2, 0) is 48.0 Å². The monoisotopic (exact) mass is 1100 g/mol. The normalized spacial score (nSPS) is 24.8. The minimum Gasteiger partial charge on any atom is -0.347 e. The second-order valence-corrected chi connectivity index (χ2v) is 22.7. The second kappa shape index (κ2) is 25.3. The fraction of sp³-hybridized carbons (Fsp3) is 0.484. The zero-order chi connectivity index (χ0) is 56.7. The van der Waals surface area contributed by atoms with Crippen LogP contribution in [0.5, 0.6) is 0 Å². The highest BCUT2D eigenvalue weighted by atomic mass is 16.2. The zero-order valence-corrected chi connectivity index (χ0v) is 46.7. The molecule has 0 bridgehead atoms. The van der Waals surface area contributed by atoms with Gasteiger partial charge in [0, 0.05) is 43.0 Å². The van der Waals surface area contributed by atoms with Gasteiger partial charge in [-0.25, -0.2) is 9.59 Å². The van der Waals surface area contributed by atoms with Crippen LogP contribution < -0.4 is 37.2 Å². The van der Waals surface area contributed by atoms with E-state index in [1.165, 1.54) is 11.1 Å². The van der Waals surface area contributed by atoms with Crippen molar-refractivity contribution in [2.75, 3.05) is 43.9 Å². The third-order valence-electron chi connectivity index (χ3n) is 17.5. The third-order valence-corrected chi connectivity index (χ3v) is 17.5. The van der Waals surface area contributed by atoms with Crippen molar-refractivity contribution in [2.24, 2.45) is 0 Å². The van der Waals surface area contributed by atoms with E-state index >= 15 is 0 Å². The Balaban J connectivity index is 0.735. The summed E-state index contributed by atoms with van der Waals surface area (Å²) in [6, 6.07) is 25.6. The molecular weight excluding hydrogens is 1030 g/mol.